The van der Waals surface area contributed by atoms with Crippen LogP contribution in [0.4, 0.5) is 13.2 Å². The Hall–Kier alpha value is -0.290. The van der Waals surface area contributed by atoms with Gasteiger partial charge in [0.2, 0.25) is 0 Å². The van der Waals surface area contributed by atoms with Crippen LogP contribution in [0.1, 0.15) is 19.3 Å². The zero-order chi connectivity index (χ0) is 9.90. The van der Waals surface area contributed by atoms with Crippen molar-refractivity contribution in [3.05, 3.63) is 0 Å². The first-order valence-corrected chi connectivity index (χ1v) is 4.46. The van der Waals surface area contributed by atoms with Crippen molar-refractivity contribution in [2.24, 2.45) is 5.92 Å². The Morgan fingerprint density at radius 1 is 1.46 bits per heavy atom. The Labute approximate surface area is 75.1 Å². The van der Waals surface area contributed by atoms with E-state index in [0.717, 1.165) is 6.42 Å². The number of hydrogen-bond acceptors (Lipinski definition) is 2. The number of nitrogens with one attached hydrogen (secondary N) is 1. The maximum absolute atomic E-state index is 12.4. The second kappa shape index (κ2) is 4.28. The number of aliphatic hydroxyl groups excluding tert-OH is 1. The van der Waals surface area contributed by atoms with E-state index in [-0.39, 0.29) is 6.42 Å². The lowest BCUT2D eigenvalue weighted by Crippen LogP contribution is -2.40. The minimum Gasteiger partial charge on any atom is -0.396 e. The van der Waals surface area contributed by atoms with Gasteiger partial charge >= 0.3 is 6.18 Å². The molecule has 0 aromatic heterocycles. The van der Waals surface area contributed by atoms with Gasteiger partial charge in [-0.15, -0.1) is 0 Å². The third kappa shape index (κ3) is 2.84. The van der Waals surface area contributed by atoms with E-state index in [1.165, 1.54) is 0 Å². The van der Waals surface area contributed by atoms with E-state index in [0.29, 0.717) is 13.0 Å². The molecule has 13 heavy (non-hydrogen) atoms. The summed E-state index contributed by atoms with van der Waals surface area (Å²) < 4.78 is 37.2. The molecule has 0 radical (unpaired) electrons. The topological polar surface area (TPSA) is 32.3 Å². The number of aliphatic hydroxyl groups is 1. The first-order valence-electron chi connectivity index (χ1n) is 4.46. The van der Waals surface area contributed by atoms with Gasteiger partial charge in [-0.1, -0.05) is 0 Å². The van der Waals surface area contributed by atoms with Crippen molar-refractivity contribution in [2.75, 3.05) is 13.2 Å². The van der Waals surface area contributed by atoms with Crippen LogP contribution < -0.4 is 5.32 Å². The van der Waals surface area contributed by atoms with E-state index >= 15 is 0 Å². The highest BCUT2D eigenvalue weighted by Crippen LogP contribution is 2.34. The summed E-state index contributed by atoms with van der Waals surface area (Å²) >= 11 is 0. The van der Waals surface area contributed by atoms with Crippen molar-refractivity contribution in [3.63, 3.8) is 0 Å². The molecule has 0 amide bonds. The lowest BCUT2D eigenvalue weighted by molar-refractivity contribution is -0.185. The lowest BCUT2D eigenvalue weighted by atomic mass is 9.94. The van der Waals surface area contributed by atoms with Gasteiger partial charge in [0, 0.05) is 12.6 Å². The molecule has 0 aromatic rings. The van der Waals surface area contributed by atoms with E-state index in [9.17, 15) is 13.2 Å². The minimum absolute atomic E-state index is 0.193. The summed E-state index contributed by atoms with van der Waals surface area (Å²) in [6.07, 6.45) is -3.03. The fourth-order valence-electron chi connectivity index (χ4n) is 1.79. The molecule has 2 nitrogen and oxygen atoms in total. The highest BCUT2D eigenvalue weighted by molar-refractivity contribution is 4.85. The van der Waals surface area contributed by atoms with Crippen LogP contribution in [0.3, 0.4) is 0 Å². The molecule has 1 aliphatic heterocycles. The van der Waals surface area contributed by atoms with Gasteiger partial charge in [0.1, 0.15) is 0 Å². The summed E-state index contributed by atoms with van der Waals surface area (Å²) in [4.78, 5) is 0. The first kappa shape index (κ1) is 10.8. The van der Waals surface area contributed by atoms with Crippen molar-refractivity contribution < 1.29 is 18.3 Å². The minimum atomic E-state index is -4.19. The van der Waals surface area contributed by atoms with Gasteiger partial charge in [0.25, 0.3) is 0 Å². The van der Waals surface area contributed by atoms with Crippen LogP contribution in [0.25, 0.3) is 0 Å². The second-order valence-electron chi connectivity index (χ2n) is 3.36. The Kier molecular flexibility index (Phi) is 3.55. The van der Waals surface area contributed by atoms with Crippen molar-refractivity contribution in [3.8, 4) is 0 Å². The molecular weight excluding hydrogens is 183 g/mol. The molecule has 0 aliphatic carbocycles. The van der Waals surface area contributed by atoms with Gasteiger partial charge in [0.05, 0.1) is 5.92 Å². The van der Waals surface area contributed by atoms with Gasteiger partial charge in [-0.05, 0) is 25.8 Å². The Bertz CT molecular complexity index is 154. The van der Waals surface area contributed by atoms with Gasteiger partial charge in [-0.25, -0.2) is 0 Å². The third-order valence-corrected chi connectivity index (χ3v) is 2.44. The summed E-state index contributed by atoms with van der Waals surface area (Å²) in [6.45, 7) is 0.255. The average Bonchev–Trinajstić information content (AvgIpc) is 2.49. The molecule has 0 saturated carbocycles. The molecule has 1 heterocycles. The van der Waals surface area contributed by atoms with Gasteiger partial charge in [0.15, 0.2) is 0 Å². The standard InChI is InChI=1S/C8H14F3NO/c9-8(10,11)6(3-5-13)7-2-1-4-12-7/h6-7,12-13H,1-5H2. The molecule has 5 heteroatoms. The van der Waals surface area contributed by atoms with E-state index in [1.54, 1.807) is 0 Å². The summed E-state index contributed by atoms with van der Waals surface area (Å²) in [5.74, 6) is -1.39. The lowest BCUT2D eigenvalue weighted by Gasteiger charge is -2.25. The highest BCUT2D eigenvalue weighted by atomic mass is 19.4. The molecule has 2 N–H and O–H groups in total. The molecule has 0 spiro atoms. The second-order valence-corrected chi connectivity index (χ2v) is 3.36. The molecule has 1 fully saturated rings. The van der Waals surface area contributed by atoms with Crippen molar-refractivity contribution in [1.29, 1.82) is 0 Å². The molecule has 1 rings (SSSR count). The van der Waals surface area contributed by atoms with E-state index in [1.807, 2.05) is 0 Å². The van der Waals surface area contributed by atoms with Crippen LogP contribution in [-0.4, -0.2) is 30.5 Å². The monoisotopic (exact) mass is 197 g/mol. The number of alkyl halides is 3. The van der Waals surface area contributed by atoms with E-state index < -0.39 is 24.7 Å². The number of hydrogen-bond donors (Lipinski definition) is 2. The molecule has 0 bridgehead atoms. The molecule has 1 saturated heterocycles. The normalized spacial score (nSPS) is 26.3. The van der Waals surface area contributed by atoms with Crippen molar-refractivity contribution in [1.82, 2.24) is 5.32 Å². The van der Waals surface area contributed by atoms with Crippen LogP contribution >= 0.6 is 0 Å². The van der Waals surface area contributed by atoms with Crippen molar-refractivity contribution in [2.45, 2.75) is 31.5 Å². The maximum Gasteiger partial charge on any atom is 0.393 e. The largest absolute Gasteiger partial charge is 0.396 e. The van der Waals surface area contributed by atoms with Crippen LogP contribution in [-0.2, 0) is 0 Å². The quantitative estimate of drug-likeness (QED) is 0.714. The highest BCUT2D eigenvalue weighted by Gasteiger charge is 2.44. The summed E-state index contributed by atoms with van der Waals surface area (Å²) in [5, 5.41) is 11.3. The smallest absolute Gasteiger partial charge is 0.393 e. The van der Waals surface area contributed by atoms with Crippen LogP contribution in [0, 0.1) is 5.92 Å². The van der Waals surface area contributed by atoms with Crippen LogP contribution in [0.2, 0.25) is 0 Å². The molecule has 2 unspecified atom stereocenters. The summed E-state index contributed by atoms with van der Waals surface area (Å²) in [5.41, 5.74) is 0. The van der Waals surface area contributed by atoms with Gasteiger partial charge in [-0.2, -0.15) is 13.2 Å². The molecule has 1 aliphatic rings. The summed E-state index contributed by atoms with van der Waals surface area (Å²) in [6, 6.07) is -0.493. The molecule has 2 atom stereocenters. The van der Waals surface area contributed by atoms with Crippen molar-refractivity contribution >= 4 is 0 Å². The van der Waals surface area contributed by atoms with Gasteiger partial charge < -0.3 is 10.4 Å². The van der Waals surface area contributed by atoms with Crippen LogP contribution in [0.15, 0.2) is 0 Å². The molecular formula is C8H14F3NO. The first-order chi connectivity index (χ1) is 6.05. The SMILES string of the molecule is OCCC(C1CCCN1)C(F)(F)F. The Balaban J connectivity index is 2.55. The van der Waals surface area contributed by atoms with Crippen LogP contribution in [0.5, 0.6) is 0 Å². The predicted molar refractivity (Wildman–Crippen MR) is 42.3 cm³/mol. The zero-order valence-corrected chi connectivity index (χ0v) is 7.27. The van der Waals surface area contributed by atoms with Gasteiger partial charge in [-0.3, -0.25) is 0 Å². The summed E-state index contributed by atoms with van der Waals surface area (Å²) in [7, 11) is 0. The molecule has 78 valence electrons. The number of halogens is 3. The fourth-order valence-corrected chi connectivity index (χ4v) is 1.79. The Morgan fingerprint density at radius 3 is 2.54 bits per heavy atom. The predicted octanol–water partition coefficient (Wildman–Crippen LogP) is 1.30. The third-order valence-electron chi connectivity index (χ3n) is 2.44. The van der Waals surface area contributed by atoms with E-state index in [2.05, 4.69) is 5.32 Å². The van der Waals surface area contributed by atoms with E-state index in [4.69, 9.17) is 5.11 Å². The maximum atomic E-state index is 12.4. The zero-order valence-electron chi connectivity index (χ0n) is 7.27. The number of rotatable bonds is 3. The average molecular weight is 197 g/mol. The molecule has 0 aromatic carbocycles. The Morgan fingerprint density at radius 2 is 2.15 bits per heavy atom. The fraction of sp³-hybridized carbons (Fsp3) is 1.00.